The number of hydrogen-bond donors (Lipinski definition) is 3. The number of amides is 1. The molecule has 1 heterocycles. The molecule has 0 aliphatic heterocycles. The van der Waals surface area contributed by atoms with E-state index in [4.69, 9.17) is 5.73 Å². The van der Waals surface area contributed by atoms with Gasteiger partial charge in [0.2, 0.25) is 5.91 Å². The molecule has 1 rings (SSSR count). The number of nitrogen functional groups attached to an aromatic ring is 1. The molecule has 5 heteroatoms. The van der Waals surface area contributed by atoms with Crippen LogP contribution in [0.1, 0.15) is 13.3 Å². The Labute approximate surface area is 89.1 Å². The number of nitrogens with one attached hydrogen (secondary N) is 2. The average molecular weight is 208 g/mol. The van der Waals surface area contributed by atoms with Gasteiger partial charge in [-0.15, -0.1) is 0 Å². The molecule has 0 aliphatic carbocycles. The molecule has 82 valence electrons. The van der Waals surface area contributed by atoms with Crippen LogP contribution in [0, 0.1) is 0 Å². The largest absolute Gasteiger partial charge is 0.397 e. The van der Waals surface area contributed by atoms with Gasteiger partial charge in [0, 0.05) is 25.7 Å². The van der Waals surface area contributed by atoms with Crippen molar-refractivity contribution in [2.24, 2.45) is 0 Å². The molecule has 0 aliphatic rings. The predicted molar refractivity (Wildman–Crippen MR) is 60.4 cm³/mol. The molecule has 0 atom stereocenters. The monoisotopic (exact) mass is 208 g/mol. The van der Waals surface area contributed by atoms with E-state index >= 15 is 0 Å². The molecule has 4 N–H and O–H groups in total. The highest BCUT2D eigenvalue weighted by atomic mass is 16.1. The lowest BCUT2D eigenvalue weighted by atomic mass is 10.3. The number of hydrogen-bond acceptors (Lipinski definition) is 4. The summed E-state index contributed by atoms with van der Waals surface area (Å²) in [5.74, 6) is 0.0434. The minimum atomic E-state index is 0.0434. The molecule has 0 fully saturated rings. The summed E-state index contributed by atoms with van der Waals surface area (Å²) in [5, 5.41) is 5.80. The Kier molecular flexibility index (Phi) is 4.40. The van der Waals surface area contributed by atoms with Crippen LogP contribution in [-0.4, -0.2) is 24.0 Å². The van der Waals surface area contributed by atoms with Gasteiger partial charge >= 0.3 is 0 Å². The molecule has 0 spiro atoms. The fraction of sp³-hybridized carbons (Fsp3) is 0.400. The lowest BCUT2D eigenvalue weighted by molar-refractivity contribution is -0.120. The van der Waals surface area contributed by atoms with E-state index in [1.165, 1.54) is 0 Å². The number of nitrogens with zero attached hydrogens (tertiary/aromatic N) is 1. The SMILES string of the molecule is CCNC(=O)CCNc1cncc(N)c1. The maximum atomic E-state index is 11.1. The number of aromatic nitrogens is 1. The van der Waals surface area contributed by atoms with E-state index in [0.717, 1.165) is 5.69 Å². The van der Waals surface area contributed by atoms with Crippen molar-refractivity contribution in [3.05, 3.63) is 18.5 Å². The maximum absolute atomic E-state index is 11.1. The fourth-order valence-electron chi connectivity index (χ4n) is 1.16. The third-order valence-corrected chi connectivity index (χ3v) is 1.81. The zero-order valence-electron chi connectivity index (χ0n) is 8.79. The zero-order chi connectivity index (χ0) is 11.1. The Balaban J connectivity index is 2.28. The van der Waals surface area contributed by atoms with Crippen molar-refractivity contribution in [1.29, 1.82) is 0 Å². The van der Waals surface area contributed by atoms with Crippen LogP contribution in [0.15, 0.2) is 18.5 Å². The number of rotatable bonds is 5. The number of carbonyl (C=O) groups excluding carboxylic acids is 1. The van der Waals surface area contributed by atoms with E-state index in [1.54, 1.807) is 18.5 Å². The Morgan fingerprint density at radius 1 is 1.53 bits per heavy atom. The normalized spacial score (nSPS) is 9.67. The molecule has 0 aromatic carbocycles. The zero-order valence-corrected chi connectivity index (χ0v) is 8.79. The molecule has 5 nitrogen and oxygen atoms in total. The highest BCUT2D eigenvalue weighted by molar-refractivity contribution is 5.76. The molecule has 1 aromatic heterocycles. The van der Waals surface area contributed by atoms with Gasteiger partial charge in [-0.3, -0.25) is 9.78 Å². The van der Waals surface area contributed by atoms with Crippen LogP contribution in [-0.2, 0) is 4.79 Å². The first-order chi connectivity index (χ1) is 7.22. The van der Waals surface area contributed by atoms with Crippen LogP contribution < -0.4 is 16.4 Å². The second kappa shape index (κ2) is 5.85. The number of carbonyl (C=O) groups is 1. The van der Waals surface area contributed by atoms with Gasteiger partial charge in [-0.25, -0.2) is 0 Å². The van der Waals surface area contributed by atoms with E-state index in [0.29, 0.717) is 25.2 Å². The lowest BCUT2D eigenvalue weighted by Gasteiger charge is -2.06. The van der Waals surface area contributed by atoms with Gasteiger partial charge in [0.1, 0.15) is 0 Å². The number of pyridine rings is 1. The van der Waals surface area contributed by atoms with Gasteiger partial charge < -0.3 is 16.4 Å². The van der Waals surface area contributed by atoms with E-state index in [1.807, 2.05) is 6.92 Å². The Bertz CT molecular complexity index is 327. The molecular weight excluding hydrogens is 192 g/mol. The molecule has 0 saturated carbocycles. The molecule has 15 heavy (non-hydrogen) atoms. The van der Waals surface area contributed by atoms with Crippen LogP contribution in [0.3, 0.4) is 0 Å². The molecule has 0 unspecified atom stereocenters. The van der Waals surface area contributed by atoms with E-state index in [9.17, 15) is 4.79 Å². The smallest absolute Gasteiger partial charge is 0.221 e. The first-order valence-electron chi connectivity index (χ1n) is 4.93. The second-order valence-corrected chi connectivity index (χ2v) is 3.14. The highest BCUT2D eigenvalue weighted by Crippen LogP contribution is 2.08. The van der Waals surface area contributed by atoms with Gasteiger partial charge in [0.05, 0.1) is 17.6 Å². The van der Waals surface area contributed by atoms with E-state index in [-0.39, 0.29) is 5.91 Å². The first kappa shape index (κ1) is 11.3. The van der Waals surface area contributed by atoms with Crippen molar-refractivity contribution < 1.29 is 4.79 Å². The van der Waals surface area contributed by atoms with Crippen LogP contribution in [0.25, 0.3) is 0 Å². The Morgan fingerprint density at radius 3 is 3.00 bits per heavy atom. The third kappa shape index (κ3) is 4.30. The summed E-state index contributed by atoms with van der Waals surface area (Å²) in [7, 11) is 0. The summed E-state index contributed by atoms with van der Waals surface area (Å²) in [5.41, 5.74) is 7.00. The molecular formula is C10H16N4O. The quantitative estimate of drug-likeness (QED) is 0.662. The summed E-state index contributed by atoms with van der Waals surface area (Å²) in [6.45, 7) is 3.14. The average Bonchev–Trinajstić information content (AvgIpc) is 2.18. The second-order valence-electron chi connectivity index (χ2n) is 3.14. The van der Waals surface area contributed by atoms with Crippen LogP contribution in [0.4, 0.5) is 11.4 Å². The molecule has 1 amide bonds. The van der Waals surface area contributed by atoms with Gasteiger partial charge in [0.15, 0.2) is 0 Å². The van der Waals surface area contributed by atoms with Gasteiger partial charge in [-0.1, -0.05) is 0 Å². The van der Waals surface area contributed by atoms with Crippen molar-refractivity contribution in [3.63, 3.8) is 0 Å². The summed E-state index contributed by atoms with van der Waals surface area (Å²) in [4.78, 5) is 15.0. The van der Waals surface area contributed by atoms with Crippen LogP contribution in [0.5, 0.6) is 0 Å². The summed E-state index contributed by atoms with van der Waals surface area (Å²) >= 11 is 0. The Morgan fingerprint density at radius 2 is 2.33 bits per heavy atom. The molecule has 1 aromatic rings. The molecule has 0 bridgehead atoms. The van der Waals surface area contributed by atoms with Gasteiger partial charge in [-0.2, -0.15) is 0 Å². The van der Waals surface area contributed by atoms with Crippen LogP contribution >= 0.6 is 0 Å². The summed E-state index contributed by atoms with van der Waals surface area (Å²) in [6.07, 6.45) is 3.70. The topological polar surface area (TPSA) is 80.0 Å². The first-order valence-corrected chi connectivity index (χ1v) is 4.93. The van der Waals surface area contributed by atoms with Crippen LogP contribution in [0.2, 0.25) is 0 Å². The minimum absolute atomic E-state index is 0.0434. The third-order valence-electron chi connectivity index (χ3n) is 1.81. The van der Waals surface area contributed by atoms with Gasteiger partial charge in [0.25, 0.3) is 0 Å². The van der Waals surface area contributed by atoms with Crippen molar-refractivity contribution >= 4 is 17.3 Å². The lowest BCUT2D eigenvalue weighted by Crippen LogP contribution is -2.24. The van der Waals surface area contributed by atoms with E-state index in [2.05, 4.69) is 15.6 Å². The standard InChI is InChI=1S/C10H16N4O/c1-2-13-10(15)3-4-14-9-5-8(11)6-12-7-9/h5-7,14H,2-4,11H2,1H3,(H,13,15). The summed E-state index contributed by atoms with van der Waals surface area (Å²) in [6, 6.07) is 1.78. The van der Waals surface area contributed by atoms with Gasteiger partial charge in [-0.05, 0) is 13.0 Å². The maximum Gasteiger partial charge on any atom is 0.221 e. The summed E-state index contributed by atoms with van der Waals surface area (Å²) < 4.78 is 0. The van der Waals surface area contributed by atoms with E-state index < -0.39 is 0 Å². The van der Waals surface area contributed by atoms with Crippen molar-refractivity contribution in [2.75, 3.05) is 24.1 Å². The fourth-order valence-corrected chi connectivity index (χ4v) is 1.16. The predicted octanol–water partition coefficient (Wildman–Crippen LogP) is 0.602. The van der Waals surface area contributed by atoms with Crippen molar-refractivity contribution in [1.82, 2.24) is 10.3 Å². The number of nitrogens with two attached hydrogens (primary N) is 1. The molecule has 0 saturated heterocycles. The number of anilines is 2. The van der Waals surface area contributed by atoms with Crippen molar-refractivity contribution in [2.45, 2.75) is 13.3 Å². The minimum Gasteiger partial charge on any atom is -0.397 e. The Hall–Kier alpha value is -1.78. The highest BCUT2D eigenvalue weighted by Gasteiger charge is 1.98. The molecule has 0 radical (unpaired) electrons. The van der Waals surface area contributed by atoms with Crippen molar-refractivity contribution in [3.8, 4) is 0 Å².